The van der Waals surface area contributed by atoms with E-state index in [9.17, 15) is 9.59 Å². The Morgan fingerprint density at radius 1 is 1.07 bits per heavy atom. The van der Waals surface area contributed by atoms with Crippen molar-refractivity contribution in [2.45, 2.75) is 38.9 Å². The van der Waals surface area contributed by atoms with Crippen LogP contribution >= 0.6 is 0 Å². The van der Waals surface area contributed by atoms with E-state index in [4.69, 9.17) is 24.0 Å². The summed E-state index contributed by atoms with van der Waals surface area (Å²) in [4.78, 5) is 23.6. The van der Waals surface area contributed by atoms with E-state index >= 15 is 0 Å². The smallest absolute Gasteiger partial charge is 0.465 e. The third-order valence-electron chi connectivity index (χ3n) is 5.44. The first-order valence-electron chi connectivity index (χ1n) is 9.37. The average Bonchev–Trinajstić information content (AvgIpc) is 2.94. The monoisotopic (exact) mass is 407 g/mol. The van der Waals surface area contributed by atoms with Crippen LogP contribution < -0.4 is 10.2 Å². The topological polar surface area (TPSA) is 94.8 Å². The number of aldehydes is 1. The van der Waals surface area contributed by atoms with Gasteiger partial charge in [-0.25, -0.2) is 4.79 Å². The number of hydrogen-bond donors (Lipinski definition) is 0. The van der Waals surface area contributed by atoms with Crippen molar-refractivity contribution < 1.29 is 28.4 Å². The molecule has 0 spiro atoms. The van der Waals surface area contributed by atoms with Crippen molar-refractivity contribution in [3.63, 3.8) is 0 Å². The van der Waals surface area contributed by atoms with E-state index in [2.05, 4.69) is 0 Å². The molecule has 0 amide bonds. The fraction of sp³-hybridized carbons (Fsp3) is 0.318. The van der Waals surface area contributed by atoms with Crippen LogP contribution in [0.3, 0.4) is 0 Å². The van der Waals surface area contributed by atoms with Gasteiger partial charge in [0.2, 0.25) is 0 Å². The molecule has 3 rings (SSSR count). The van der Waals surface area contributed by atoms with Crippen molar-refractivity contribution in [3.8, 4) is 17.6 Å². The summed E-state index contributed by atoms with van der Waals surface area (Å²) in [6, 6.07) is 11.4. The molecule has 1 saturated heterocycles. The molecule has 0 saturated carbocycles. The van der Waals surface area contributed by atoms with Gasteiger partial charge in [-0.1, -0.05) is 6.07 Å². The van der Waals surface area contributed by atoms with Crippen molar-refractivity contribution in [2.24, 2.45) is 0 Å². The quantitative estimate of drug-likeness (QED) is 0.427. The summed E-state index contributed by atoms with van der Waals surface area (Å²) in [7, 11) is 0.562. The largest absolute Gasteiger partial charge is 0.495 e. The van der Waals surface area contributed by atoms with Crippen LogP contribution in [0.25, 0.3) is 0 Å². The zero-order valence-electron chi connectivity index (χ0n) is 17.5. The zero-order valence-corrected chi connectivity index (χ0v) is 17.5. The first-order valence-corrected chi connectivity index (χ1v) is 9.37. The third-order valence-corrected chi connectivity index (χ3v) is 5.44. The second-order valence-electron chi connectivity index (χ2n) is 7.91. The van der Waals surface area contributed by atoms with Gasteiger partial charge in [-0.05, 0) is 63.5 Å². The maximum atomic E-state index is 11.9. The molecule has 1 aliphatic rings. The number of carbonyl (C=O) groups is 2. The second kappa shape index (κ2) is 7.94. The number of ether oxygens (including phenoxy) is 2. The minimum Gasteiger partial charge on any atom is -0.465 e. The van der Waals surface area contributed by atoms with Gasteiger partial charge in [0.25, 0.3) is 0 Å². The van der Waals surface area contributed by atoms with Crippen LogP contribution in [0.5, 0.6) is 11.5 Å². The molecule has 8 heteroatoms. The van der Waals surface area contributed by atoms with Gasteiger partial charge in [-0.15, -0.1) is 0 Å². The Kier molecular flexibility index (Phi) is 5.71. The molecule has 0 atom stereocenters. The van der Waals surface area contributed by atoms with Gasteiger partial charge in [0.1, 0.15) is 23.9 Å². The van der Waals surface area contributed by atoms with Gasteiger partial charge in [0, 0.05) is 5.56 Å². The van der Waals surface area contributed by atoms with Crippen molar-refractivity contribution in [1.29, 1.82) is 5.26 Å². The first kappa shape index (κ1) is 21.6. The highest BCUT2D eigenvalue weighted by atomic mass is 16.7. The van der Waals surface area contributed by atoms with E-state index in [1.54, 1.807) is 24.3 Å². The molecule has 0 N–H and O–H groups in total. The summed E-state index contributed by atoms with van der Waals surface area (Å²) in [6.07, 6.45) is 0.714. The van der Waals surface area contributed by atoms with E-state index in [1.807, 2.05) is 33.8 Å². The van der Waals surface area contributed by atoms with E-state index in [-0.39, 0.29) is 11.1 Å². The fourth-order valence-electron chi connectivity index (χ4n) is 3.00. The zero-order chi connectivity index (χ0) is 22.1. The van der Waals surface area contributed by atoms with Crippen LogP contribution in [0.15, 0.2) is 36.4 Å². The highest BCUT2D eigenvalue weighted by Gasteiger charge is 2.52. The van der Waals surface area contributed by atoms with Gasteiger partial charge in [-0.3, -0.25) is 4.79 Å². The Hall–Kier alpha value is -3.15. The molecule has 2 aromatic rings. The Morgan fingerprint density at radius 3 is 2.23 bits per heavy atom. The minimum atomic E-state index is -0.676. The lowest BCUT2D eigenvalue weighted by Crippen LogP contribution is -2.41. The standard InChI is InChI=1S/C22H22BNO6/c1-21(2)22(3,4)30-23(29-21)19-9-8-16(10-15(19)13-25)28-17-7-6-14(12-24)18(11-17)20(26)27-5/h6-11,13H,1-5H3. The molecule has 0 radical (unpaired) electrons. The molecule has 0 bridgehead atoms. The maximum absolute atomic E-state index is 11.9. The lowest BCUT2D eigenvalue weighted by molar-refractivity contribution is 0.00578. The van der Waals surface area contributed by atoms with Crippen LogP contribution in [-0.2, 0) is 14.0 Å². The Labute approximate surface area is 175 Å². The number of hydrogen-bond acceptors (Lipinski definition) is 7. The molecule has 7 nitrogen and oxygen atoms in total. The molecular formula is C22H22BNO6. The molecule has 154 valence electrons. The summed E-state index contributed by atoms with van der Waals surface area (Å²) in [5, 5.41) is 9.16. The van der Waals surface area contributed by atoms with Crippen LogP contribution in [-0.4, -0.2) is 37.7 Å². The Bertz CT molecular complexity index is 1020. The number of rotatable bonds is 5. The van der Waals surface area contributed by atoms with Gasteiger partial charge in [-0.2, -0.15) is 5.26 Å². The summed E-state index contributed by atoms with van der Waals surface area (Å²) in [5.74, 6) is 0.0780. The van der Waals surface area contributed by atoms with Crippen LogP contribution in [0, 0.1) is 11.3 Å². The summed E-state index contributed by atoms with van der Waals surface area (Å²) < 4.78 is 22.6. The number of esters is 1. The number of carbonyl (C=O) groups excluding carboxylic acids is 2. The van der Waals surface area contributed by atoms with Crippen LogP contribution in [0.1, 0.15) is 54.0 Å². The van der Waals surface area contributed by atoms with Crippen LogP contribution in [0.4, 0.5) is 0 Å². The number of nitrogens with zero attached hydrogens (tertiary/aromatic N) is 1. The number of benzene rings is 2. The van der Waals surface area contributed by atoms with Crippen molar-refractivity contribution in [1.82, 2.24) is 0 Å². The summed E-state index contributed by atoms with van der Waals surface area (Å²) >= 11 is 0. The van der Waals surface area contributed by atoms with Gasteiger partial charge in [0.15, 0.2) is 0 Å². The Morgan fingerprint density at radius 2 is 1.67 bits per heavy atom. The lowest BCUT2D eigenvalue weighted by Gasteiger charge is -2.32. The molecule has 0 aliphatic carbocycles. The van der Waals surface area contributed by atoms with Gasteiger partial charge in [0.05, 0.1) is 29.4 Å². The lowest BCUT2D eigenvalue weighted by atomic mass is 9.76. The molecule has 0 unspecified atom stereocenters. The third kappa shape index (κ3) is 3.95. The molecular weight excluding hydrogens is 385 g/mol. The van der Waals surface area contributed by atoms with Crippen molar-refractivity contribution >= 4 is 24.8 Å². The van der Waals surface area contributed by atoms with E-state index in [0.717, 1.165) is 0 Å². The second-order valence-corrected chi connectivity index (χ2v) is 7.91. The van der Waals surface area contributed by atoms with Gasteiger partial charge >= 0.3 is 13.1 Å². The van der Waals surface area contributed by atoms with E-state index in [1.165, 1.54) is 19.2 Å². The maximum Gasteiger partial charge on any atom is 0.495 e. The van der Waals surface area contributed by atoms with Gasteiger partial charge < -0.3 is 18.8 Å². The SMILES string of the molecule is COC(=O)c1cc(Oc2ccc(B3OC(C)(C)C(C)(C)O3)c(C=O)c2)ccc1C#N. The van der Waals surface area contributed by atoms with E-state index in [0.29, 0.717) is 28.8 Å². The summed E-state index contributed by atoms with van der Waals surface area (Å²) in [5.41, 5.74) is 0.194. The number of nitriles is 1. The minimum absolute atomic E-state index is 0.0990. The molecule has 1 heterocycles. The number of methoxy groups -OCH3 is 1. The molecule has 30 heavy (non-hydrogen) atoms. The van der Waals surface area contributed by atoms with Crippen molar-refractivity contribution in [3.05, 3.63) is 53.1 Å². The van der Waals surface area contributed by atoms with Crippen molar-refractivity contribution in [2.75, 3.05) is 7.11 Å². The normalized spacial score (nSPS) is 16.6. The molecule has 0 aromatic heterocycles. The fourth-order valence-corrected chi connectivity index (χ4v) is 3.00. The average molecular weight is 407 g/mol. The predicted molar refractivity (Wildman–Crippen MR) is 110 cm³/mol. The van der Waals surface area contributed by atoms with E-state index < -0.39 is 24.3 Å². The highest BCUT2D eigenvalue weighted by Crippen LogP contribution is 2.37. The van der Waals surface area contributed by atoms with Crippen LogP contribution in [0.2, 0.25) is 0 Å². The molecule has 1 aliphatic heterocycles. The highest BCUT2D eigenvalue weighted by molar-refractivity contribution is 6.63. The summed E-state index contributed by atoms with van der Waals surface area (Å²) in [6.45, 7) is 7.76. The molecule has 1 fully saturated rings. The first-order chi connectivity index (χ1) is 14.1. The molecule has 2 aromatic carbocycles. The Balaban J connectivity index is 1.89. The predicted octanol–water partition coefficient (Wildman–Crippen LogP) is 3.25.